The number of anilines is 2. The van der Waals surface area contributed by atoms with Crippen LogP contribution >= 0.6 is 11.8 Å². The predicted octanol–water partition coefficient (Wildman–Crippen LogP) is 2.18. The Balaban J connectivity index is 1.46. The number of amides is 3. The average Bonchev–Trinajstić information content (AvgIpc) is 3.30. The average molecular weight is 529 g/mol. The van der Waals surface area contributed by atoms with Crippen molar-refractivity contribution in [2.24, 2.45) is 11.7 Å². The highest BCUT2D eigenvalue weighted by atomic mass is 32.2. The first-order valence-corrected chi connectivity index (χ1v) is 13.0. The Morgan fingerprint density at radius 2 is 1.89 bits per heavy atom. The van der Waals surface area contributed by atoms with E-state index in [1.807, 2.05) is 44.2 Å². The van der Waals surface area contributed by atoms with Gasteiger partial charge in [-0.15, -0.1) is 0 Å². The van der Waals surface area contributed by atoms with Crippen LogP contribution in [0.4, 0.5) is 11.4 Å². The monoisotopic (exact) mass is 528 g/mol. The van der Waals surface area contributed by atoms with Crippen molar-refractivity contribution in [1.82, 2.24) is 9.80 Å². The molecule has 1 unspecified atom stereocenters. The lowest BCUT2D eigenvalue weighted by atomic mass is 10.1. The minimum atomic E-state index is -1.30. The summed E-state index contributed by atoms with van der Waals surface area (Å²) in [7, 11) is 0. The highest BCUT2D eigenvalue weighted by molar-refractivity contribution is 7.99. The van der Waals surface area contributed by atoms with Crippen LogP contribution in [0.2, 0.25) is 0 Å². The molecule has 4 N–H and O–H groups in total. The number of nitrogens with zero attached hydrogens (tertiary/aromatic N) is 2. The number of hydrogen-bond donors (Lipinski definition) is 3. The van der Waals surface area contributed by atoms with Gasteiger partial charge in [0.15, 0.2) is 12.9 Å². The molecule has 0 bridgehead atoms. The lowest BCUT2D eigenvalue weighted by Crippen LogP contribution is -2.54. The molecule has 1 fully saturated rings. The van der Waals surface area contributed by atoms with Crippen molar-refractivity contribution >= 4 is 40.9 Å². The SMILES string of the molecule is CC(C)CN(CC(=O)N(C(=O)COc1ccc2c(c1)Nc1ccccc1S2)[C@H]1CCOC1O)C(=O)CN. The molecular weight excluding hydrogens is 496 g/mol. The summed E-state index contributed by atoms with van der Waals surface area (Å²) in [6.45, 7) is 3.34. The Labute approximate surface area is 220 Å². The number of rotatable bonds is 9. The fourth-order valence-corrected chi connectivity index (χ4v) is 5.28. The number of carbonyl (C=O) groups is 3. The summed E-state index contributed by atoms with van der Waals surface area (Å²) in [5.41, 5.74) is 7.36. The van der Waals surface area contributed by atoms with Gasteiger partial charge in [0.05, 0.1) is 30.6 Å². The number of nitrogens with one attached hydrogen (secondary N) is 1. The van der Waals surface area contributed by atoms with Gasteiger partial charge in [-0.2, -0.15) is 0 Å². The highest BCUT2D eigenvalue weighted by Gasteiger charge is 2.39. The zero-order valence-corrected chi connectivity index (χ0v) is 21.7. The van der Waals surface area contributed by atoms with Crippen LogP contribution in [0.1, 0.15) is 20.3 Å². The van der Waals surface area contributed by atoms with Crippen molar-refractivity contribution < 1.29 is 29.0 Å². The van der Waals surface area contributed by atoms with Crippen LogP contribution in [0.5, 0.6) is 5.75 Å². The Hall–Kier alpha value is -3.12. The number of carbonyl (C=O) groups excluding carboxylic acids is 3. The second-order valence-corrected chi connectivity index (χ2v) is 10.4. The van der Waals surface area contributed by atoms with Gasteiger partial charge in [0.25, 0.3) is 5.91 Å². The molecule has 0 spiro atoms. The van der Waals surface area contributed by atoms with E-state index in [-0.39, 0.29) is 32.0 Å². The molecule has 2 heterocycles. The van der Waals surface area contributed by atoms with E-state index in [2.05, 4.69) is 5.32 Å². The second kappa shape index (κ2) is 12.0. The molecule has 0 aliphatic carbocycles. The molecule has 10 nitrogen and oxygen atoms in total. The summed E-state index contributed by atoms with van der Waals surface area (Å²) in [6.07, 6.45) is -1.02. The highest BCUT2D eigenvalue weighted by Crippen LogP contribution is 2.45. The fourth-order valence-electron chi connectivity index (χ4n) is 4.32. The van der Waals surface area contributed by atoms with Crippen LogP contribution in [0.15, 0.2) is 52.3 Å². The summed E-state index contributed by atoms with van der Waals surface area (Å²) in [6, 6.07) is 12.6. The Kier molecular flexibility index (Phi) is 8.70. The summed E-state index contributed by atoms with van der Waals surface area (Å²) >= 11 is 1.63. The van der Waals surface area contributed by atoms with E-state index in [1.54, 1.807) is 23.9 Å². The quantitative estimate of drug-likeness (QED) is 0.382. The Morgan fingerprint density at radius 1 is 1.14 bits per heavy atom. The smallest absolute Gasteiger partial charge is 0.267 e. The molecule has 2 aromatic carbocycles. The van der Waals surface area contributed by atoms with Gasteiger partial charge in [-0.05, 0) is 36.6 Å². The topological polar surface area (TPSA) is 134 Å². The number of aliphatic hydroxyl groups excluding tert-OH is 1. The second-order valence-electron chi connectivity index (χ2n) is 9.32. The molecule has 4 rings (SSSR count). The molecule has 0 radical (unpaired) electrons. The zero-order valence-electron chi connectivity index (χ0n) is 20.9. The maximum atomic E-state index is 13.3. The number of nitrogens with two attached hydrogens (primary N) is 1. The minimum Gasteiger partial charge on any atom is -0.484 e. The third kappa shape index (κ3) is 6.42. The molecule has 1 saturated heterocycles. The van der Waals surface area contributed by atoms with Crippen LogP contribution in [-0.2, 0) is 19.1 Å². The van der Waals surface area contributed by atoms with Crippen molar-refractivity contribution in [1.29, 1.82) is 0 Å². The van der Waals surface area contributed by atoms with Gasteiger partial charge in [0.2, 0.25) is 11.8 Å². The van der Waals surface area contributed by atoms with Crippen molar-refractivity contribution in [3.63, 3.8) is 0 Å². The maximum Gasteiger partial charge on any atom is 0.267 e. The zero-order chi connectivity index (χ0) is 26.5. The number of hydrogen-bond acceptors (Lipinski definition) is 9. The molecule has 2 aliphatic rings. The predicted molar refractivity (Wildman–Crippen MR) is 138 cm³/mol. The first kappa shape index (κ1) is 26.9. The molecule has 11 heteroatoms. The molecule has 3 amide bonds. The van der Waals surface area contributed by atoms with Gasteiger partial charge >= 0.3 is 0 Å². The molecule has 2 aliphatic heterocycles. The molecule has 37 heavy (non-hydrogen) atoms. The molecule has 198 valence electrons. The van der Waals surface area contributed by atoms with E-state index in [0.29, 0.717) is 12.3 Å². The van der Waals surface area contributed by atoms with Gasteiger partial charge in [0.1, 0.15) is 12.3 Å². The standard InChI is InChI=1S/C26H32N4O6S/c1-16(2)13-29(23(31)12-27)14-24(32)30(20-9-10-35-26(20)34)25(33)15-36-17-7-8-22-19(11-17)28-18-5-3-4-6-21(18)37-22/h3-8,11,16,20,26,28,34H,9-10,12-15,27H2,1-2H3/t20-,26?/m0/s1. The van der Waals surface area contributed by atoms with E-state index in [0.717, 1.165) is 26.1 Å². The number of fused-ring (bicyclic) bond motifs is 2. The lowest BCUT2D eigenvalue weighted by Gasteiger charge is -2.31. The minimum absolute atomic E-state index is 0.0962. The molecule has 0 aromatic heterocycles. The fraction of sp³-hybridized carbons (Fsp3) is 0.423. The third-order valence-corrected chi connectivity index (χ3v) is 7.18. The van der Waals surface area contributed by atoms with Crippen molar-refractivity contribution in [3.8, 4) is 5.75 Å². The van der Waals surface area contributed by atoms with E-state index < -0.39 is 36.7 Å². The number of aliphatic hydroxyl groups is 1. The number of imide groups is 1. The van der Waals surface area contributed by atoms with Crippen LogP contribution in [-0.4, -0.2) is 77.8 Å². The lowest BCUT2D eigenvalue weighted by molar-refractivity contribution is -0.160. The Morgan fingerprint density at radius 3 is 2.59 bits per heavy atom. The van der Waals surface area contributed by atoms with E-state index in [4.69, 9.17) is 15.2 Å². The number of benzene rings is 2. The normalized spacial score (nSPS) is 18.0. The Bertz CT molecular complexity index is 1160. The van der Waals surface area contributed by atoms with Crippen molar-refractivity contribution in [2.75, 3.05) is 38.2 Å². The maximum absolute atomic E-state index is 13.3. The van der Waals surface area contributed by atoms with Gasteiger partial charge in [-0.1, -0.05) is 37.7 Å². The van der Waals surface area contributed by atoms with Gasteiger partial charge in [0, 0.05) is 22.4 Å². The van der Waals surface area contributed by atoms with Crippen molar-refractivity contribution in [3.05, 3.63) is 42.5 Å². The summed E-state index contributed by atoms with van der Waals surface area (Å²) in [5, 5.41) is 13.6. The van der Waals surface area contributed by atoms with Gasteiger partial charge in [-0.3, -0.25) is 19.3 Å². The largest absolute Gasteiger partial charge is 0.484 e. The number of para-hydroxylation sites is 1. The van der Waals surface area contributed by atoms with Crippen LogP contribution < -0.4 is 15.8 Å². The van der Waals surface area contributed by atoms with Gasteiger partial charge < -0.3 is 30.5 Å². The first-order valence-electron chi connectivity index (χ1n) is 12.2. The van der Waals surface area contributed by atoms with Gasteiger partial charge in [-0.25, -0.2) is 0 Å². The summed E-state index contributed by atoms with van der Waals surface area (Å²) in [5.74, 6) is -1.09. The van der Waals surface area contributed by atoms with E-state index in [1.165, 1.54) is 4.90 Å². The molecule has 2 aromatic rings. The van der Waals surface area contributed by atoms with E-state index >= 15 is 0 Å². The number of ether oxygens (including phenoxy) is 2. The summed E-state index contributed by atoms with van der Waals surface area (Å²) < 4.78 is 11.0. The summed E-state index contributed by atoms with van der Waals surface area (Å²) in [4.78, 5) is 43.3. The van der Waals surface area contributed by atoms with Crippen molar-refractivity contribution in [2.45, 2.75) is 42.4 Å². The van der Waals surface area contributed by atoms with Crippen LogP contribution in [0, 0.1) is 5.92 Å². The molecule has 2 atom stereocenters. The van der Waals surface area contributed by atoms with Crippen LogP contribution in [0.25, 0.3) is 0 Å². The molecular formula is C26H32N4O6S. The first-order chi connectivity index (χ1) is 17.8. The van der Waals surface area contributed by atoms with Crippen LogP contribution in [0.3, 0.4) is 0 Å². The third-order valence-electron chi connectivity index (χ3n) is 6.03. The van der Waals surface area contributed by atoms with E-state index in [9.17, 15) is 19.5 Å². The molecule has 0 saturated carbocycles.